The SMILES string of the molecule is CC(C)Cc1cnc2cc(F)ccc2n1. The Kier molecular flexibility index (Phi) is 2.62. The minimum Gasteiger partial charge on any atom is -0.253 e. The molecule has 1 aromatic carbocycles. The Morgan fingerprint density at radius 2 is 2.07 bits per heavy atom. The smallest absolute Gasteiger partial charge is 0.125 e. The summed E-state index contributed by atoms with van der Waals surface area (Å²) in [6, 6.07) is 4.49. The Balaban J connectivity index is 2.43. The largest absolute Gasteiger partial charge is 0.253 e. The molecule has 2 nitrogen and oxygen atoms in total. The van der Waals surface area contributed by atoms with Gasteiger partial charge in [-0.25, -0.2) is 9.37 Å². The summed E-state index contributed by atoms with van der Waals surface area (Å²) < 4.78 is 12.9. The molecule has 0 fully saturated rings. The third-order valence-electron chi connectivity index (χ3n) is 2.17. The summed E-state index contributed by atoms with van der Waals surface area (Å²) in [5.74, 6) is 0.283. The van der Waals surface area contributed by atoms with Gasteiger partial charge in [-0.05, 0) is 24.5 Å². The molecule has 0 atom stereocenters. The fourth-order valence-electron chi connectivity index (χ4n) is 1.54. The highest BCUT2D eigenvalue weighted by molar-refractivity contribution is 5.73. The summed E-state index contributed by atoms with van der Waals surface area (Å²) in [7, 11) is 0. The Bertz CT molecular complexity index is 480. The normalized spacial score (nSPS) is 11.2. The van der Waals surface area contributed by atoms with Crippen LogP contribution in [0.25, 0.3) is 11.0 Å². The molecule has 2 rings (SSSR count). The second-order valence-corrected chi connectivity index (χ2v) is 4.09. The number of hydrogen-bond acceptors (Lipinski definition) is 2. The van der Waals surface area contributed by atoms with Crippen LogP contribution in [0.2, 0.25) is 0 Å². The van der Waals surface area contributed by atoms with Crippen molar-refractivity contribution in [2.24, 2.45) is 5.92 Å². The number of nitrogens with zero attached hydrogens (tertiary/aromatic N) is 2. The lowest BCUT2D eigenvalue weighted by atomic mass is 10.1. The van der Waals surface area contributed by atoms with Crippen LogP contribution in [0.1, 0.15) is 19.5 Å². The molecule has 15 heavy (non-hydrogen) atoms. The van der Waals surface area contributed by atoms with E-state index in [0.717, 1.165) is 17.6 Å². The molecular weight excluding hydrogens is 191 g/mol. The van der Waals surface area contributed by atoms with E-state index in [-0.39, 0.29) is 5.82 Å². The molecule has 0 saturated carbocycles. The summed E-state index contributed by atoms with van der Waals surface area (Å²) in [4.78, 5) is 8.62. The van der Waals surface area contributed by atoms with Crippen LogP contribution in [0.4, 0.5) is 4.39 Å². The zero-order chi connectivity index (χ0) is 10.8. The third-order valence-corrected chi connectivity index (χ3v) is 2.17. The molecule has 0 unspecified atom stereocenters. The van der Waals surface area contributed by atoms with E-state index in [2.05, 4.69) is 23.8 Å². The van der Waals surface area contributed by atoms with Gasteiger partial charge in [-0.3, -0.25) is 4.98 Å². The van der Waals surface area contributed by atoms with Crippen molar-refractivity contribution in [2.45, 2.75) is 20.3 Å². The predicted octanol–water partition coefficient (Wildman–Crippen LogP) is 2.97. The molecule has 0 amide bonds. The molecule has 0 bridgehead atoms. The van der Waals surface area contributed by atoms with Gasteiger partial charge in [0.2, 0.25) is 0 Å². The van der Waals surface area contributed by atoms with Crippen molar-refractivity contribution in [3.05, 3.63) is 35.9 Å². The number of fused-ring (bicyclic) bond motifs is 1. The summed E-state index contributed by atoms with van der Waals surface area (Å²) >= 11 is 0. The standard InChI is InChI=1S/C12H13FN2/c1-8(2)5-10-7-14-12-6-9(13)3-4-11(12)15-10/h3-4,6-8H,5H2,1-2H3. The molecule has 0 saturated heterocycles. The van der Waals surface area contributed by atoms with Crippen molar-refractivity contribution in [3.63, 3.8) is 0 Å². The highest BCUT2D eigenvalue weighted by Crippen LogP contribution is 2.13. The van der Waals surface area contributed by atoms with Crippen molar-refractivity contribution < 1.29 is 4.39 Å². The highest BCUT2D eigenvalue weighted by atomic mass is 19.1. The van der Waals surface area contributed by atoms with Crippen LogP contribution < -0.4 is 0 Å². The highest BCUT2D eigenvalue weighted by Gasteiger charge is 2.03. The van der Waals surface area contributed by atoms with Crippen LogP contribution in [0.5, 0.6) is 0 Å². The number of rotatable bonds is 2. The van der Waals surface area contributed by atoms with Crippen LogP contribution >= 0.6 is 0 Å². The van der Waals surface area contributed by atoms with Gasteiger partial charge in [0.05, 0.1) is 16.7 Å². The summed E-state index contributed by atoms with van der Waals surface area (Å²) in [5, 5.41) is 0. The second kappa shape index (κ2) is 3.93. The van der Waals surface area contributed by atoms with Crippen molar-refractivity contribution in [2.75, 3.05) is 0 Å². The number of halogens is 1. The van der Waals surface area contributed by atoms with Crippen LogP contribution in [0.3, 0.4) is 0 Å². The Hall–Kier alpha value is -1.51. The van der Waals surface area contributed by atoms with Crippen molar-refractivity contribution in [1.29, 1.82) is 0 Å². The van der Waals surface area contributed by atoms with E-state index in [1.54, 1.807) is 12.3 Å². The van der Waals surface area contributed by atoms with Gasteiger partial charge in [0.25, 0.3) is 0 Å². The van der Waals surface area contributed by atoms with Crippen LogP contribution in [0.15, 0.2) is 24.4 Å². The Morgan fingerprint density at radius 1 is 1.27 bits per heavy atom. The van der Waals surface area contributed by atoms with Crippen molar-refractivity contribution >= 4 is 11.0 Å². The topological polar surface area (TPSA) is 25.8 Å². The van der Waals surface area contributed by atoms with E-state index < -0.39 is 0 Å². The molecule has 0 radical (unpaired) electrons. The van der Waals surface area contributed by atoms with Gasteiger partial charge < -0.3 is 0 Å². The van der Waals surface area contributed by atoms with Crippen molar-refractivity contribution in [3.8, 4) is 0 Å². The first-order chi connectivity index (χ1) is 7.15. The molecule has 78 valence electrons. The van der Waals surface area contributed by atoms with Gasteiger partial charge in [-0.15, -0.1) is 0 Å². The minimum atomic E-state index is -0.270. The van der Waals surface area contributed by atoms with E-state index in [1.807, 2.05) is 0 Å². The molecule has 0 N–H and O–H groups in total. The maximum Gasteiger partial charge on any atom is 0.125 e. The van der Waals surface area contributed by atoms with Gasteiger partial charge in [-0.1, -0.05) is 13.8 Å². The number of hydrogen-bond donors (Lipinski definition) is 0. The first kappa shape index (κ1) is 10.0. The predicted molar refractivity (Wildman–Crippen MR) is 58.0 cm³/mol. The zero-order valence-electron chi connectivity index (χ0n) is 8.87. The summed E-state index contributed by atoms with van der Waals surface area (Å²) in [6.07, 6.45) is 2.63. The fourth-order valence-corrected chi connectivity index (χ4v) is 1.54. The Labute approximate surface area is 88.2 Å². The molecule has 1 aromatic heterocycles. The first-order valence-corrected chi connectivity index (χ1v) is 5.06. The van der Waals surface area contributed by atoms with E-state index in [4.69, 9.17) is 0 Å². The Morgan fingerprint density at radius 3 is 2.80 bits per heavy atom. The zero-order valence-corrected chi connectivity index (χ0v) is 8.87. The van der Waals surface area contributed by atoms with Gasteiger partial charge >= 0.3 is 0 Å². The maximum atomic E-state index is 12.9. The summed E-state index contributed by atoms with van der Waals surface area (Å²) in [6.45, 7) is 4.27. The van der Waals surface area contributed by atoms with Crippen molar-refractivity contribution in [1.82, 2.24) is 9.97 Å². The minimum absolute atomic E-state index is 0.270. The molecule has 0 aliphatic carbocycles. The second-order valence-electron chi connectivity index (χ2n) is 4.09. The molecular formula is C12H13FN2. The van der Waals surface area contributed by atoms with Crippen LogP contribution in [-0.4, -0.2) is 9.97 Å². The van der Waals surface area contributed by atoms with E-state index in [1.165, 1.54) is 12.1 Å². The first-order valence-electron chi connectivity index (χ1n) is 5.06. The molecule has 0 aliphatic rings. The molecule has 3 heteroatoms. The lowest BCUT2D eigenvalue weighted by molar-refractivity contribution is 0.627. The molecule has 0 aliphatic heterocycles. The van der Waals surface area contributed by atoms with E-state index in [0.29, 0.717) is 11.4 Å². The quantitative estimate of drug-likeness (QED) is 0.751. The average Bonchev–Trinajstić information content (AvgIpc) is 2.17. The van der Waals surface area contributed by atoms with Gasteiger partial charge in [-0.2, -0.15) is 0 Å². The molecule has 0 spiro atoms. The average molecular weight is 204 g/mol. The fraction of sp³-hybridized carbons (Fsp3) is 0.333. The number of benzene rings is 1. The lowest BCUT2D eigenvalue weighted by Gasteiger charge is -2.04. The van der Waals surface area contributed by atoms with E-state index in [9.17, 15) is 4.39 Å². The van der Waals surface area contributed by atoms with Crippen LogP contribution in [0, 0.1) is 11.7 Å². The monoisotopic (exact) mass is 204 g/mol. The summed E-state index contributed by atoms with van der Waals surface area (Å²) in [5.41, 5.74) is 2.33. The third kappa shape index (κ3) is 2.29. The number of aromatic nitrogens is 2. The van der Waals surface area contributed by atoms with Gasteiger partial charge in [0, 0.05) is 12.3 Å². The maximum absolute atomic E-state index is 12.9. The van der Waals surface area contributed by atoms with Gasteiger partial charge in [0.15, 0.2) is 0 Å². The van der Waals surface area contributed by atoms with Gasteiger partial charge in [0.1, 0.15) is 5.82 Å². The van der Waals surface area contributed by atoms with E-state index >= 15 is 0 Å². The lowest BCUT2D eigenvalue weighted by Crippen LogP contribution is -1.98. The molecule has 2 aromatic rings. The van der Waals surface area contributed by atoms with Crippen LogP contribution in [-0.2, 0) is 6.42 Å². The molecule has 1 heterocycles.